The first kappa shape index (κ1) is 58.5. The minimum Gasteiger partial charge on any atom is -0.462 e. The molecule has 1 unspecified atom stereocenters. The molecule has 0 saturated carbocycles. The van der Waals surface area contributed by atoms with Crippen molar-refractivity contribution in [2.24, 2.45) is 0 Å². The van der Waals surface area contributed by atoms with Crippen molar-refractivity contribution in [2.45, 2.75) is 238 Å². The molecule has 0 bridgehead atoms. The zero-order valence-corrected chi connectivity index (χ0v) is 40.9. The zero-order chi connectivity index (χ0) is 44.3. The first-order valence-corrected chi connectivity index (χ1v) is 26.6. The third-order valence-corrected chi connectivity index (χ3v) is 11.9. The van der Waals surface area contributed by atoms with Crippen LogP contribution in [-0.4, -0.2) is 74.9 Å². The van der Waals surface area contributed by atoms with Gasteiger partial charge in [0, 0.05) is 12.8 Å². The number of ether oxygens (including phenoxy) is 2. The van der Waals surface area contributed by atoms with E-state index in [1.165, 1.54) is 148 Å². The normalized spacial score (nSPS) is 13.6. The number of allylic oxidation sites excluding steroid dienone is 4. The molecule has 0 aromatic rings. The van der Waals surface area contributed by atoms with Crippen molar-refractivity contribution in [1.82, 2.24) is 0 Å². The second kappa shape index (κ2) is 42.8. The lowest BCUT2D eigenvalue weighted by Crippen LogP contribution is -2.37. The molecule has 0 aliphatic carbocycles. The van der Waals surface area contributed by atoms with Crippen molar-refractivity contribution < 1.29 is 42.1 Å². The second-order valence-corrected chi connectivity index (χ2v) is 19.6. The minimum absolute atomic E-state index is 0.0319. The predicted octanol–water partition coefficient (Wildman–Crippen LogP) is 14.7. The summed E-state index contributed by atoms with van der Waals surface area (Å²) in [5, 5.41) is 0. The van der Waals surface area contributed by atoms with Crippen LogP contribution in [0.2, 0.25) is 0 Å². The highest BCUT2D eigenvalue weighted by atomic mass is 31.2. The Labute approximate surface area is 370 Å². The lowest BCUT2D eigenvalue weighted by molar-refractivity contribution is -0.870. The third-order valence-electron chi connectivity index (χ3n) is 11.0. The molecule has 0 saturated heterocycles. The SMILES string of the molecule is CCCCCCCC/C=C/CCCCCCCCCCCCCC(=O)O[C@H](COC(=O)CCCCCCC/C=C/CCCCCCCC)COP(=O)(O)OCC[N+](C)(C)C. The topological polar surface area (TPSA) is 108 Å². The number of phosphoric ester groups is 1. The summed E-state index contributed by atoms with van der Waals surface area (Å²) in [5.74, 6) is -0.800. The van der Waals surface area contributed by atoms with Crippen molar-refractivity contribution in [3.63, 3.8) is 0 Å². The van der Waals surface area contributed by atoms with E-state index in [0.717, 1.165) is 51.4 Å². The van der Waals surface area contributed by atoms with Crippen LogP contribution in [0.3, 0.4) is 0 Å². The second-order valence-electron chi connectivity index (χ2n) is 18.2. The average Bonchev–Trinajstić information content (AvgIpc) is 3.20. The largest absolute Gasteiger partial charge is 0.472 e. The Morgan fingerprint density at radius 3 is 1.23 bits per heavy atom. The van der Waals surface area contributed by atoms with E-state index in [0.29, 0.717) is 17.4 Å². The molecular formula is C50H97NO8P+. The number of quaternary nitrogens is 1. The van der Waals surface area contributed by atoms with Gasteiger partial charge in [-0.25, -0.2) is 4.57 Å². The molecule has 0 radical (unpaired) electrons. The number of carbonyl (C=O) groups excluding carboxylic acids is 2. The molecule has 60 heavy (non-hydrogen) atoms. The van der Waals surface area contributed by atoms with E-state index in [2.05, 4.69) is 38.2 Å². The monoisotopic (exact) mass is 871 g/mol. The van der Waals surface area contributed by atoms with Gasteiger partial charge in [-0.1, -0.05) is 179 Å². The maximum absolute atomic E-state index is 12.7. The summed E-state index contributed by atoms with van der Waals surface area (Å²) in [7, 11) is 1.48. The summed E-state index contributed by atoms with van der Waals surface area (Å²) < 4.78 is 34.4. The summed E-state index contributed by atoms with van der Waals surface area (Å²) in [6.07, 6.45) is 48.0. The van der Waals surface area contributed by atoms with Gasteiger partial charge in [-0.05, 0) is 64.2 Å². The molecule has 2 atom stereocenters. The van der Waals surface area contributed by atoms with Crippen molar-refractivity contribution in [1.29, 1.82) is 0 Å². The zero-order valence-electron chi connectivity index (χ0n) is 40.0. The van der Waals surface area contributed by atoms with Crippen LogP contribution in [0.4, 0.5) is 0 Å². The third kappa shape index (κ3) is 46.0. The van der Waals surface area contributed by atoms with Gasteiger partial charge in [0.2, 0.25) is 0 Å². The molecule has 0 aliphatic heterocycles. The number of phosphoric acid groups is 1. The van der Waals surface area contributed by atoms with E-state index in [9.17, 15) is 19.0 Å². The lowest BCUT2D eigenvalue weighted by Gasteiger charge is -2.24. The molecule has 0 heterocycles. The molecule has 354 valence electrons. The number of nitrogens with zero attached hydrogens (tertiary/aromatic N) is 1. The fraction of sp³-hybridized carbons (Fsp3) is 0.880. The Morgan fingerprint density at radius 1 is 0.500 bits per heavy atom. The Kier molecular flexibility index (Phi) is 41.7. The highest BCUT2D eigenvalue weighted by molar-refractivity contribution is 7.47. The fourth-order valence-electron chi connectivity index (χ4n) is 7.00. The first-order chi connectivity index (χ1) is 29.0. The standard InChI is InChI=1S/C50H96NO8P/c1-6-8-10-12-14-16-18-20-22-23-24-25-26-27-29-31-33-35-37-39-41-43-50(53)59-48(47-58-60(54,55)57-45-44-51(3,4)5)46-56-49(52)42-40-38-36-34-32-30-28-21-19-17-15-13-11-9-7-2/h20-22,28,48H,6-19,23-27,29-47H2,1-5H3/p+1/b22-20+,28-21+/t48-/m1/s1. The highest BCUT2D eigenvalue weighted by Crippen LogP contribution is 2.43. The molecule has 0 aromatic heterocycles. The molecule has 1 N–H and O–H groups in total. The quantitative estimate of drug-likeness (QED) is 0.0212. The van der Waals surface area contributed by atoms with Crippen LogP contribution < -0.4 is 0 Å². The molecule has 0 amide bonds. The summed E-state index contributed by atoms with van der Waals surface area (Å²) >= 11 is 0. The maximum Gasteiger partial charge on any atom is 0.472 e. The molecule has 0 spiro atoms. The minimum atomic E-state index is -4.38. The van der Waals surface area contributed by atoms with Gasteiger partial charge in [-0.15, -0.1) is 0 Å². The fourth-order valence-corrected chi connectivity index (χ4v) is 7.75. The van der Waals surface area contributed by atoms with Gasteiger partial charge in [0.1, 0.15) is 19.8 Å². The Bertz CT molecular complexity index is 1070. The maximum atomic E-state index is 12.7. The number of carbonyl (C=O) groups is 2. The van der Waals surface area contributed by atoms with Crippen LogP contribution in [0.25, 0.3) is 0 Å². The highest BCUT2D eigenvalue weighted by Gasteiger charge is 2.27. The van der Waals surface area contributed by atoms with Gasteiger partial charge in [-0.2, -0.15) is 0 Å². The van der Waals surface area contributed by atoms with Gasteiger partial charge >= 0.3 is 19.8 Å². The van der Waals surface area contributed by atoms with E-state index in [1.807, 2.05) is 21.1 Å². The Hall–Kier alpha value is -1.51. The van der Waals surface area contributed by atoms with Crippen LogP contribution in [0.5, 0.6) is 0 Å². The molecule has 0 fully saturated rings. The number of hydrogen-bond acceptors (Lipinski definition) is 7. The number of hydrogen-bond donors (Lipinski definition) is 1. The van der Waals surface area contributed by atoms with Gasteiger partial charge in [0.25, 0.3) is 0 Å². The predicted molar refractivity (Wildman–Crippen MR) is 252 cm³/mol. The number of rotatable bonds is 46. The van der Waals surface area contributed by atoms with E-state index < -0.39 is 26.5 Å². The van der Waals surface area contributed by atoms with Gasteiger partial charge in [-0.3, -0.25) is 18.6 Å². The molecule has 10 heteroatoms. The van der Waals surface area contributed by atoms with E-state index in [4.69, 9.17) is 18.5 Å². The number of esters is 2. The summed E-state index contributed by atoms with van der Waals surface area (Å²) in [5.41, 5.74) is 0. The summed E-state index contributed by atoms with van der Waals surface area (Å²) in [4.78, 5) is 35.5. The summed E-state index contributed by atoms with van der Waals surface area (Å²) in [6, 6.07) is 0. The van der Waals surface area contributed by atoms with Gasteiger partial charge in [0.15, 0.2) is 6.10 Å². The number of unbranched alkanes of at least 4 members (excludes halogenated alkanes) is 28. The molecule has 9 nitrogen and oxygen atoms in total. The molecule has 0 aliphatic rings. The Morgan fingerprint density at radius 2 is 0.850 bits per heavy atom. The molecular weight excluding hydrogens is 774 g/mol. The van der Waals surface area contributed by atoms with E-state index in [1.54, 1.807) is 0 Å². The van der Waals surface area contributed by atoms with Crippen molar-refractivity contribution in [3.8, 4) is 0 Å². The molecule has 0 aromatic carbocycles. The number of likely N-dealkylation sites (N-methyl/N-ethyl adjacent to an activating group) is 1. The van der Waals surface area contributed by atoms with Crippen LogP contribution in [0.15, 0.2) is 24.3 Å². The van der Waals surface area contributed by atoms with E-state index >= 15 is 0 Å². The smallest absolute Gasteiger partial charge is 0.462 e. The lowest BCUT2D eigenvalue weighted by atomic mass is 10.0. The first-order valence-electron chi connectivity index (χ1n) is 25.1. The molecule has 0 rings (SSSR count). The van der Waals surface area contributed by atoms with Gasteiger partial charge < -0.3 is 18.9 Å². The van der Waals surface area contributed by atoms with Crippen molar-refractivity contribution in [2.75, 3.05) is 47.5 Å². The van der Waals surface area contributed by atoms with Crippen molar-refractivity contribution in [3.05, 3.63) is 24.3 Å². The van der Waals surface area contributed by atoms with Gasteiger partial charge in [0.05, 0.1) is 27.7 Å². The van der Waals surface area contributed by atoms with Crippen molar-refractivity contribution >= 4 is 19.8 Å². The van der Waals surface area contributed by atoms with Crippen LogP contribution >= 0.6 is 7.82 Å². The average molecular weight is 871 g/mol. The van der Waals surface area contributed by atoms with Crippen LogP contribution in [0, 0.1) is 0 Å². The van der Waals surface area contributed by atoms with Crippen LogP contribution in [-0.2, 0) is 32.7 Å². The summed E-state index contributed by atoms with van der Waals surface area (Å²) in [6.45, 7) is 4.43. The Balaban J connectivity index is 4.25. The van der Waals surface area contributed by atoms with E-state index in [-0.39, 0.29) is 32.0 Å². The van der Waals surface area contributed by atoms with Crippen LogP contribution in [0.1, 0.15) is 232 Å².